The molecule has 1 aromatic carbocycles. The second kappa shape index (κ2) is 4.42. The van der Waals surface area contributed by atoms with Crippen LogP contribution >= 0.6 is 11.6 Å². The van der Waals surface area contributed by atoms with Crippen LogP contribution in [0.1, 0.15) is 17.5 Å². The van der Waals surface area contributed by atoms with Gasteiger partial charge < -0.3 is 5.11 Å². The standard InChI is InChI=1S/C10H10ClFO2/c1-6-4-8(11)9(12)5-7(6)2-3-10(13)14/h4-5H,2-3H2,1H3,(H,13,14). The van der Waals surface area contributed by atoms with Crippen LogP contribution in [-0.2, 0) is 11.2 Å². The van der Waals surface area contributed by atoms with Crippen molar-refractivity contribution in [2.24, 2.45) is 0 Å². The Morgan fingerprint density at radius 2 is 2.21 bits per heavy atom. The van der Waals surface area contributed by atoms with Crippen molar-refractivity contribution in [3.05, 3.63) is 34.1 Å². The number of carbonyl (C=O) groups is 1. The molecular formula is C10H10ClFO2. The zero-order valence-electron chi connectivity index (χ0n) is 7.68. The molecule has 0 amide bonds. The normalized spacial score (nSPS) is 10.2. The summed E-state index contributed by atoms with van der Waals surface area (Å²) in [4.78, 5) is 10.3. The van der Waals surface area contributed by atoms with Gasteiger partial charge in [-0.15, -0.1) is 0 Å². The van der Waals surface area contributed by atoms with Crippen LogP contribution in [-0.4, -0.2) is 11.1 Å². The molecule has 14 heavy (non-hydrogen) atoms. The molecule has 0 fully saturated rings. The molecule has 0 radical (unpaired) electrons. The summed E-state index contributed by atoms with van der Waals surface area (Å²) in [6.07, 6.45) is 0.331. The third-order valence-corrected chi connectivity index (χ3v) is 2.28. The van der Waals surface area contributed by atoms with Gasteiger partial charge in [0.1, 0.15) is 5.82 Å². The van der Waals surface area contributed by atoms with Gasteiger partial charge in [0, 0.05) is 6.42 Å². The van der Waals surface area contributed by atoms with Crippen LogP contribution in [0.2, 0.25) is 5.02 Å². The molecule has 2 nitrogen and oxygen atoms in total. The Bertz CT molecular complexity index is 363. The van der Waals surface area contributed by atoms with E-state index in [1.807, 2.05) is 0 Å². The van der Waals surface area contributed by atoms with E-state index in [0.29, 0.717) is 12.0 Å². The largest absolute Gasteiger partial charge is 0.481 e. The second-order valence-corrected chi connectivity index (χ2v) is 3.49. The number of aliphatic carboxylic acids is 1. The van der Waals surface area contributed by atoms with E-state index < -0.39 is 11.8 Å². The van der Waals surface area contributed by atoms with Crippen LogP contribution in [0, 0.1) is 12.7 Å². The molecule has 76 valence electrons. The van der Waals surface area contributed by atoms with E-state index in [1.165, 1.54) is 12.1 Å². The molecule has 0 bridgehead atoms. The lowest BCUT2D eigenvalue weighted by atomic mass is 10.0. The summed E-state index contributed by atoms with van der Waals surface area (Å²) < 4.78 is 13.0. The molecular weight excluding hydrogens is 207 g/mol. The molecule has 0 aromatic heterocycles. The summed E-state index contributed by atoms with van der Waals surface area (Å²) in [6.45, 7) is 1.78. The van der Waals surface area contributed by atoms with Crippen molar-refractivity contribution in [3.63, 3.8) is 0 Å². The first-order chi connectivity index (χ1) is 6.50. The topological polar surface area (TPSA) is 37.3 Å². The molecule has 0 unspecified atom stereocenters. The minimum atomic E-state index is -0.889. The van der Waals surface area contributed by atoms with Gasteiger partial charge in [0.2, 0.25) is 0 Å². The van der Waals surface area contributed by atoms with Crippen molar-refractivity contribution in [1.29, 1.82) is 0 Å². The molecule has 0 aliphatic rings. The Morgan fingerprint density at radius 3 is 2.79 bits per heavy atom. The van der Waals surface area contributed by atoms with E-state index in [-0.39, 0.29) is 11.4 Å². The smallest absolute Gasteiger partial charge is 0.303 e. The number of aryl methyl sites for hydroxylation is 2. The van der Waals surface area contributed by atoms with E-state index in [4.69, 9.17) is 16.7 Å². The van der Waals surface area contributed by atoms with Crippen molar-refractivity contribution in [3.8, 4) is 0 Å². The van der Waals surface area contributed by atoms with Gasteiger partial charge in [0.25, 0.3) is 0 Å². The first-order valence-electron chi connectivity index (χ1n) is 4.17. The van der Waals surface area contributed by atoms with E-state index in [9.17, 15) is 9.18 Å². The molecule has 0 atom stereocenters. The molecule has 0 aliphatic carbocycles. The summed E-state index contributed by atoms with van der Waals surface area (Å²) in [5.41, 5.74) is 1.51. The molecule has 1 aromatic rings. The van der Waals surface area contributed by atoms with Crippen molar-refractivity contribution < 1.29 is 14.3 Å². The Balaban J connectivity index is 2.87. The number of hydrogen-bond donors (Lipinski definition) is 1. The van der Waals surface area contributed by atoms with Crippen LogP contribution in [0.5, 0.6) is 0 Å². The number of rotatable bonds is 3. The maximum absolute atomic E-state index is 13.0. The highest BCUT2D eigenvalue weighted by Gasteiger charge is 2.07. The molecule has 1 N–H and O–H groups in total. The Kier molecular flexibility index (Phi) is 3.47. The number of halogens is 2. The minimum Gasteiger partial charge on any atom is -0.481 e. The molecule has 0 spiro atoms. The molecule has 0 aliphatic heterocycles. The van der Waals surface area contributed by atoms with Gasteiger partial charge in [-0.1, -0.05) is 11.6 Å². The molecule has 0 heterocycles. The number of benzene rings is 1. The predicted molar refractivity (Wildman–Crippen MR) is 52.1 cm³/mol. The fourth-order valence-electron chi connectivity index (χ4n) is 1.20. The summed E-state index contributed by atoms with van der Waals surface area (Å²) >= 11 is 5.56. The van der Waals surface area contributed by atoms with Gasteiger partial charge in [0.15, 0.2) is 0 Å². The van der Waals surface area contributed by atoms with Gasteiger partial charge in [-0.25, -0.2) is 4.39 Å². The van der Waals surface area contributed by atoms with Crippen molar-refractivity contribution in [1.82, 2.24) is 0 Å². The molecule has 0 saturated carbocycles. The Labute approximate surface area is 86.3 Å². The minimum absolute atomic E-state index is 0.00190. The first-order valence-corrected chi connectivity index (χ1v) is 4.55. The van der Waals surface area contributed by atoms with E-state index in [0.717, 1.165) is 5.56 Å². The average molecular weight is 217 g/mol. The molecule has 1 rings (SSSR count). The monoisotopic (exact) mass is 216 g/mol. The maximum Gasteiger partial charge on any atom is 0.303 e. The van der Waals surface area contributed by atoms with Crippen LogP contribution in [0.15, 0.2) is 12.1 Å². The van der Waals surface area contributed by atoms with Crippen molar-refractivity contribution >= 4 is 17.6 Å². The van der Waals surface area contributed by atoms with Gasteiger partial charge in [0.05, 0.1) is 5.02 Å². The van der Waals surface area contributed by atoms with E-state index >= 15 is 0 Å². The third kappa shape index (κ3) is 2.70. The highest BCUT2D eigenvalue weighted by Crippen LogP contribution is 2.20. The summed E-state index contributed by atoms with van der Waals surface area (Å²) in [5.74, 6) is -1.39. The lowest BCUT2D eigenvalue weighted by Crippen LogP contribution is -1.99. The molecule has 0 saturated heterocycles. The average Bonchev–Trinajstić information content (AvgIpc) is 2.09. The highest BCUT2D eigenvalue weighted by molar-refractivity contribution is 6.30. The number of carboxylic acid groups (broad SMARTS) is 1. The van der Waals surface area contributed by atoms with Crippen molar-refractivity contribution in [2.75, 3.05) is 0 Å². The third-order valence-electron chi connectivity index (χ3n) is 1.99. The van der Waals surface area contributed by atoms with E-state index in [1.54, 1.807) is 6.92 Å². The molecule has 4 heteroatoms. The van der Waals surface area contributed by atoms with Crippen LogP contribution in [0.3, 0.4) is 0 Å². The zero-order chi connectivity index (χ0) is 10.7. The van der Waals surface area contributed by atoms with Crippen molar-refractivity contribution in [2.45, 2.75) is 19.8 Å². The predicted octanol–water partition coefficient (Wildman–Crippen LogP) is 2.80. The quantitative estimate of drug-likeness (QED) is 0.844. The van der Waals surface area contributed by atoms with Crippen LogP contribution in [0.4, 0.5) is 4.39 Å². The second-order valence-electron chi connectivity index (χ2n) is 3.09. The Hall–Kier alpha value is -1.09. The lowest BCUT2D eigenvalue weighted by Gasteiger charge is -2.05. The summed E-state index contributed by atoms with van der Waals surface area (Å²) in [5, 5.41) is 8.54. The van der Waals surface area contributed by atoms with Gasteiger partial charge in [-0.3, -0.25) is 4.79 Å². The Morgan fingerprint density at radius 1 is 1.57 bits per heavy atom. The van der Waals surface area contributed by atoms with Gasteiger partial charge in [-0.05, 0) is 36.6 Å². The summed E-state index contributed by atoms with van der Waals surface area (Å²) in [6, 6.07) is 2.80. The van der Waals surface area contributed by atoms with Crippen LogP contribution in [0.25, 0.3) is 0 Å². The number of carboxylic acids is 1. The van der Waals surface area contributed by atoms with Gasteiger partial charge >= 0.3 is 5.97 Å². The summed E-state index contributed by atoms with van der Waals surface area (Å²) in [7, 11) is 0. The SMILES string of the molecule is Cc1cc(Cl)c(F)cc1CCC(=O)O. The lowest BCUT2D eigenvalue weighted by molar-refractivity contribution is -0.136. The number of hydrogen-bond acceptors (Lipinski definition) is 1. The fraction of sp³-hybridized carbons (Fsp3) is 0.300. The van der Waals surface area contributed by atoms with Crippen LogP contribution < -0.4 is 0 Å². The zero-order valence-corrected chi connectivity index (χ0v) is 8.44. The fourth-order valence-corrected chi connectivity index (χ4v) is 1.42. The van der Waals surface area contributed by atoms with Gasteiger partial charge in [-0.2, -0.15) is 0 Å². The maximum atomic E-state index is 13.0. The first kappa shape index (κ1) is 11.0. The van der Waals surface area contributed by atoms with E-state index in [2.05, 4.69) is 0 Å². The highest BCUT2D eigenvalue weighted by atomic mass is 35.5.